The molecule has 2 rings (SSSR count). The van der Waals surface area contributed by atoms with E-state index in [0.717, 1.165) is 24.3 Å². The first kappa shape index (κ1) is 9.90. The highest BCUT2D eigenvalue weighted by atomic mass is 35.5. The summed E-state index contributed by atoms with van der Waals surface area (Å²) >= 11 is 5.87. The average molecular weight is 213 g/mol. The van der Waals surface area contributed by atoms with Crippen molar-refractivity contribution in [2.45, 2.75) is 19.8 Å². The van der Waals surface area contributed by atoms with Gasteiger partial charge in [-0.1, -0.05) is 11.6 Å². The van der Waals surface area contributed by atoms with Crippen LogP contribution in [0.15, 0.2) is 12.3 Å². The van der Waals surface area contributed by atoms with Crippen molar-refractivity contribution < 1.29 is 0 Å². The van der Waals surface area contributed by atoms with Gasteiger partial charge < -0.3 is 0 Å². The van der Waals surface area contributed by atoms with Gasteiger partial charge in [-0.2, -0.15) is 5.84 Å². The molecule has 0 saturated carbocycles. The van der Waals surface area contributed by atoms with Crippen molar-refractivity contribution >= 4 is 17.3 Å². The smallest absolute Gasteiger partial charge is 0.170 e. The maximum absolute atomic E-state index is 6.25. The summed E-state index contributed by atoms with van der Waals surface area (Å²) in [5.41, 5.74) is 2.07. The fourth-order valence-electron chi connectivity index (χ4n) is 1.94. The number of aromatic nitrogens is 1. The zero-order chi connectivity index (χ0) is 10.2. The summed E-state index contributed by atoms with van der Waals surface area (Å²) in [6.45, 7) is 3.96. The van der Waals surface area contributed by atoms with Crippen LogP contribution in [0.4, 0.5) is 5.69 Å². The summed E-state index contributed by atoms with van der Waals surface area (Å²) in [7, 11) is 0. The highest BCUT2D eigenvalue weighted by Gasteiger charge is 2.31. The number of aryl methyl sites for hydroxylation is 1. The molecule has 76 valence electrons. The minimum absolute atomic E-state index is 0.519. The normalized spacial score (nSPS) is 19.9. The Morgan fingerprint density at radius 3 is 2.64 bits per heavy atom. The molecule has 1 saturated heterocycles. The minimum Gasteiger partial charge on any atom is -0.238 e. The van der Waals surface area contributed by atoms with E-state index >= 15 is 0 Å². The highest BCUT2D eigenvalue weighted by molar-refractivity contribution is 6.30. The van der Waals surface area contributed by atoms with Crippen molar-refractivity contribution in [3.63, 3.8) is 0 Å². The van der Waals surface area contributed by atoms with Gasteiger partial charge in [-0.05, 0) is 12.5 Å². The fourth-order valence-corrected chi connectivity index (χ4v) is 2.05. The van der Waals surface area contributed by atoms with Crippen LogP contribution < -0.4 is 10.4 Å². The lowest BCUT2D eigenvalue weighted by atomic mass is 10.2. The van der Waals surface area contributed by atoms with Crippen LogP contribution >= 0.6 is 11.6 Å². The van der Waals surface area contributed by atoms with E-state index in [1.54, 1.807) is 6.20 Å². The standard InChI is InChI=1S/C10H15ClN3/c1-8-6-9(7-13-10(8)11)14(12)4-2-3-5-14/h6-7H,2-5,12H2,1H3/q+1. The number of rotatable bonds is 1. The number of halogens is 1. The van der Waals surface area contributed by atoms with Gasteiger partial charge in [0, 0.05) is 18.9 Å². The van der Waals surface area contributed by atoms with Gasteiger partial charge in [0.25, 0.3) is 0 Å². The Hall–Kier alpha value is -0.640. The van der Waals surface area contributed by atoms with Gasteiger partial charge in [-0.15, -0.1) is 0 Å². The van der Waals surface area contributed by atoms with Gasteiger partial charge in [0.05, 0.1) is 6.20 Å². The van der Waals surface area contributed by atoms with Crippen LogP contribution in [0.3, 0.4) is 0 Å². The van der Waals surface area contributed by atoms with Crippen molar-refractivity contribution in [2.75, 3.05) is 13.1 Å². The van der Waals surface area contributed by atoms with Crippen molar-refractivity contribution in [2.24, 2.45) is 5.84 Å². The first-order valence-corrected chi connectivity index (χ1v) is 5.28. The lowest BCUT2D eigenvalue weighted by Gasteiger charge is -2.26. The summed E-state index contributed by atoms with van der Waals surface area (Å²) < 4.78 is 0.519. The van der Waals surface area contributed by atoms with E-state index in [1.165, 1.54) is 12.8 Å². The molecule has 1 fully saturated rings. The molecule has 1 aromatic rings. The molecule has 1 aliphatic rings. The van der Waals surface area contributed by atoms with Crippen molar-refractivity contribution in [1.82, 2.24) is 9.58 Å². The van der Waals surface area contributed by atoms with Crippen LogP contribution in [-0.2, 0) is 0 Å². The van der Waals surface area contributed by atoms with Crippen LogP contribution in [0.1, 0.15) is 18.4 Å². The average Bonchev–Trinajstić information content (AvgIpc) is 2.58. The van der Waals surface area contributed by atoms with Crippen molar-refractivity contribution in [3.05, 3.63) is 23.0 Å². The third-order valence-electron chi connectivity index (χ3n) is 2.88. The van der Waals surface area contributed by atoms with Gasteiger partial charge in [0.2, 0.25) is 0 Å². The number of nitrogens with zero attached hydrogens (tertiary/aromatic N) is 2. The Kier molecular flexibility index (Phi) is 2.47. The van der Waals surface area contributed by atoms with Crippen LogP contribution in [0.2, 0.25) is 5.15 Å². The maximum atomic E-state index is 6.25. The van der Waals surface area contributed by atoms with E-state index in [-0.39, 0.29) is 0 Å². The van der Waals surface area contributed by atoms with E-state index in [2.05, 4.69) is 4.98 Å². The summed E-state index contributed by atoms with van der Waals surface area (Å²) in [6, 6.07) is 2.04. The molecule has 0 atom stereocenters. The molecule has 0 unspecified atom stereocenters. The van der Waals surface area contributed by atoms with Crippen LogP contribution in [0.25, 0.3) is 0 Å². The SMILES string of the molecule is Cc1cc([N+]2(N)CCCC2)cnc1Cl. The molecule has 4 heteroatoms. The Morgan fingerprint density at radius 2 is 2.07 bits per heavy atom. The third kappa shape index (κ3) is 1.63. The second kappa shape index (κ2) is 3.50. The largest absolute Gasteiger partial charge is 0.238 e. The van der Waals surface area contributed by atoms with E-state index < -0.39 is 0 Å². The molecular weight excluding hydrogens is 198 g/mol. The van der Waals surface area contributed by atoms with Crippen molar-refractivity contribution in [3.8, 4) is 0 Å². The van der Waals surface area contributed by atoms with Gasteiger partial charge >= 0.3 is 0 Å². The topological polar surface area (TPSA) is 38.9 Å². The summed E-state index contributed by atoms with van der Waals surface area (Å²) in [5, 5.41) is 0.569. The molecule has 2 heterocycles. The Balaban J connectivity index is 2.36. The third-order valence-corrected chi connectivity index (χ3v) is 3.27. The molecule has 14 heavy (non-hydrogen) atoms. The van der Waals surface area contributed by atoms with E-state index in [9.17, 15) is 0 Å². The fraction of sp³-hybridized carbons (Fsp3) is 0.500. The molecular formula is C10H15ClN3+. The highest BCUT2D eigenvalue weighted by Crippen LogP contribution is 2.26. The molecule has 1 aliphatic heterocycles. The first-order chi connectivity index (χ1) is 6.62. The predicted molar refractivity (Wildman–Crippen MR) is 58.9 cm³/mol. The van der Waals surface area contributed by atoms with E-state index in [4.69, 9.17) is 17.4 Å². The van der Waals surface area contributed by atoms with Crippen LogP contribution in [0, 0.1) is 6.92 Å². The van der Waals surface area contributed by atoms with Gasteiger partial charge in [0.1, 0.15) is 18.2 Å². The van der Waals surface area contributed by atoms with Crippen LogP contribution in [-0.4, -0.2) is 18.1 Å². The summed E-state index contributed by atoms with van der Waals surface area (Å²) in [4.78, 5) is 4.14. The number of pyridine rings is 1. The second-order valence-electron chi connectivity index (χ2n) is 3.99. The molecule has 0 aliphatic carbocycles. The zero-order valence-corrected chi connectivity index (χ0v) is 9.09. The molecule has 0 amide bonds. The number of hydrogen-bond acceptors (Lipinski definition) is 2. The summed E-state index contributed by atoms with van der Waals surface area (Å²) in [5.74, 6) is 6.25. The van der Waals surface area contributed by atoms with E-state index in [1.807, 2.05) is 13.0 Å². The lowest BCUT2D eigenvalue weighted by molar-refractivity contribution is 0.346. The quantitative estimate of drug-likeness (QED) is 0.440. The van der Waals surface area contributed by atoms with E-state index in [0.29, 0.717) is 9.75 Å². The monoisotopic (exact) mass is 212 g/mol. The van der Waals surface area contributed by atoms with Gasteiger partial charge in [-0.3, -0.25) is 0 Å². The molecule has 3 nitrogen and oxygen atoms in total. The molecule has 0 bridgehead atoms. The molecule has 2 N–H and O–H groups in total. The molecule has 0 spiro atoms. The second-order valence-corrected chi connectivity index (χ2v) is 4.35. The first-order valence-electron chi connectivity index (χ1n) is 4.90. The number of hydrogen-bond donors (Lipinski definition) is 1. The van der Waals surface area contributed by atoms with Gasteiger partial charge in [0.15, 0.2) is 5.69 Å². The maximum Gasteiger partial charge on any atom is 0.170 e. The Labute approximate surface area is 89.1 Å². The summed E-state index contributed by atoms with van der Waals surface area (Å²) in [6.07, 6.45) is 4.18. The predicted octanol–water partition coefficient (Wildman–Crippen LogP) is 2.02. The number of quaternary nitrogens is 1. The molecule has 1 aromatic heterocycles. The zero-order valence-electron chi connectivity index (χ0n) is 8.33. The molecule has 0 radical (unpaired) electrons. The van der Waals surface area contributed by atoms with Crippen LogP contribution in [0.5, 0.6) is 0 Å². The number of nitrogens with two attached hydrogens (primary N) is 1. The minimum atomic E-state index is 0.519. The Bertz CT molecular complexity index is 345. The lowest BCUT2D eigenvalue weighted by Crippen LogP contribution is -2.53. The van der Waals surface area contributed by atoms with Crippen molar-refractivity contribution in [1.29, 1.82) is 0 Å². The molecule has 0 aromatic carbocycles. The van der Waals surface area contributed by atoms with Gasteiger partial charge in [-0.25, -0.2) is 9.58 Å². The Morgan fingerprint density at radius 1 is 1.43 bits per heavy atom.